The molecule has 0 heterocycles. The third-order valence-electron chi connectivity index (χ3n) is 5.54. The van der Waals surface area contributed by atoms with E-state index in [0.717, 1.165) is 5.56 Å². The van der Waals surface area contributed by atoms with Gasteiger partial charge in [-0.05, 0) is 77.4 Å². The monoisotopic (exact) mass is 446 g/mol. The molecule has 0 aliphatic carbocycles. The van der Waals surface area contributed by atoms with E-state index in [1.165, 1.54) is 34.4 Å². The van der Waals surface area contributed by atoms with Gasteiger partial charge < -0.3 is 9.47 Å². The van der Waals surface area contributed by atoms with Gasteiger partial charge in [-0.15, -0.1) is 0 Å². The molecule has 0 radical (unpaired) electrons. The quantitative estimate of drug-likeness (QED) is 0.226. The summed E-state index contributed by atoms with van der Waals surface area (Å²) in [6, 6.07) is 16.2. The van der Waals surface area contributed by atoms with Crippen molar-refractivity contribution in [3.63, 3.8) is 0 Å². The Morgan fingerprint density at radius 3 is 2.15 bits per heavy atom. The van der Waals surface area contributed by atoms with E-state index in [1.54, 1.807) is 25.5 Å². The number of nitro benzene ring substituents is 1. The van der Waals surface area contributed by atoms with Gasteiger partial charge in [0.15, 0.2) is 11.5 Å². The number of aryl methyl sites for hydroxylation is 2. The molecule has 3 aromatic rings. The third-order valence-corrected chi connectivity index (χ3v) is 5.54. The second kappa shape index (κ2) is 9.86. The van der Waals surface area contributed by atoms with Crippen LogP contribution in [0.4, 0.5) is 11.4 Å². The van der Waals surface area contributed by atoms with Crippen molar-refractivity contribution in [1.82, 2.24) is 0 Å². The maximum absolute atomic E-state index is 10.8. The van der Waals surface area contributed by atoms with Crippen molar-refractivity contribution in [3.8, 4) is 11.5 Å². The van der Waals surface area contributed by atoms with Crippen LogP contribution in [0.1, 0.15) is 48.6 Å². The summed E-state index contributed by atoms with van der Waals surface area (Å²) >= 11 is 0. The van der Waals surface area contributed by atoms with Gasteiger partial charge in [0, 0.05) is 18.3 Å². The van der Waals surface area contributed by atoms with Crippen LogP contribution in [0.5, 0.6) is 11.5 Å². The fourth-order valence-electron chi connectivity index (χ4n) is 3.50. The molecule has 0 N–H and O–H groups in total. The Hall–Kier alpha value is -3.67. The van der Waals surface area contributed by atoms with E-state index < -0.39 is 4.92 Å². The minimum atomic E-state index is -0.432. The van der Waals surface area contributed by atoms with E-state index >= 15 is 0 Å². The smallest absolute Gasteiger partial charge is 0.269 e. The molecule has 0 spiro atoms. The lowest BCUT2D eigenvalue weighted by Crippen LogP contribution is -2.13. The average molecular weight is 447 g/mol. The number of rotatable bonds is 7. The number of nitrogens with zero attached hydrogens (tertiary/aromatic N) is 2. The number of hydrogen-bond donors (Lipinski definition) is 0. The molecule has 0 aliphatic rings. The first-order valence-corrected chi connectivity index (χ1v) is 10.8. The normalized spacial score (nSPS) is 11.6. The summed E-state index contributed by atoms with van der Waals surface area (Å²) in [6.45, 7) is 11.3. The fourth-order valence-corrected chi connectivity index (χ4v) is 3.50. The maximum Gasteiger partial charge on any atom is 0.269 e. The SMILES string of the molecule is COc1cc(C=Nc2ccc([N+](=O)[O-])cc2)ccc1OCc1c(C)cc(C(C)(C)C)cc1C. The van der Waals surface area contributed by atoms with Crippen molar-refractivity contribution in [1.29, 1.82) is 0 Å². The highest BCUT2D eigenvalue weighted by atomic mass is 16.6. The van der Waals surface area contributed by atoms with Crippen LogP contribution in [0.25, 0.3) is 0 Å². The molecular weight excluding hydrogens is 416 g/mol. The lowest BCUT2D eigenvalue weighted by Gasteiger charge is -2.22. The summed E-state index contributed by atoms with van der Waals surface area (Å²) in [6.07, 6.45) is 1.69. The molecule has 6 heteroatoms. The van der Waals surface area contributed by atoms with Crippen molar-refractivity contribution in [3.05, 3.63) is 92.5 Å². The molecule has 172 valence electrons. The molecule has 0 fully saturated rings. The van der Waals surface area contributed by atoms with Crippen molar-refractivity contribution in [2.75, 3.05) is 7.11 Å². The Morgan fingerprint density at radius 2 is 1.61 bits per heavy atom. The van der Waals surface area contributed by atoms with E-state index in [0.29, 0.717) is 23.8 Å². The third kappa shape index (κ3) is 5.98. The zero-order valence-electron chi connectivity index (χ0n) is 20.0. The molecule has 0 saturated heterocycles. The highest BCUT2D eigenvalue weighted by Crippen LogP contribution is 2.31. The predicted molar refractivity (Wildman–Crippen MR) is 132 cm³/mol. The molecule has 0 atom stereocenters. The molecule has 3 aromatic carbocycles. The van der Waals surface area contributed by atoms with Gasteiger partial charge in [0.05, 0.1) is 17.7 Å². The van der Waals surface area contributed by atoms with Gasteiger partial charge in [-0.25, -0.2) is 0 Å². The topological polar surface area (TPSA) is 74.0 Å². The van der Waals surface area contributed by atoms with Crippen LogP contribution < -0.4 is 9.47 Å². The summed E-state index contributed by atoms with van der Waals surface area (Å²) < 4.78 is 11.7. The zero-order valence-corrected chi connectivity index (χ0v) is 20.0. The fraction of sp³-hybridized carbons (Fsp3) is 0.296. The van der Waals surface area contributed by atoms with Gasteiger partial charge in [0.1, 0.15) is 6.61 Å². The molecular formula is C27H30N2O4. The minimum Gasteiger partial charge on any atom is -0.493 e. The van der Waals surface area contributed by atoms with Crippen LogP contribution in [0.15, 0.2) is 59.6 Å². The summed E-state index contributed by atoms with van der Waals surface area (Å²) in [7, 11) is 1.61. The van der Waals surface area contributed by atoms with Gasteiger partial charge >= 0.3 is 0 Å². The average Bonchev–Trinajstić information content (AvgIpc) is 2.77. The number of nitro groups is 1. The van der Waals surface area contributed by atoms with E-state index in [9.17, 15) is 10.1 Å². The van der Waals surface area contributed by atoms with Gasteiger partial charge in [-0.1, -0.05) is 32.9 Å². The van der Waals surface area contributed by atoms with Crippen LogP contribution in [0.2, 0.25) is 0 Å². The van der Waals surface area contributed by atoms with Gasteiger partial charge in [-0.3, -0.25) is 15.1 Å². The Kier molecular flexibility index (Phi) is 7.16. The zero-order chi connectivity index (χ0) is 24.2. The lowest BCUT2D eigenvalue weighted by atomic mass is 9.84. The highest BCUT2D eigenvalue weighted by Gasteiger charge is 2.17. The Morgan fingerprint density at radius 1 is 0.970 bits per heavy atom. The number of methoxy groups -OCH3 is 1. The van der Waals surface area contributed by atoms with Crippen LogP contribution in [0, 0.1) is 24.0 Å². The van der Waals surface area contributed by atoms with Crippen molar-refractivity contribution in [2.45, 2.75) is 46.6 Å². The number of non-ortho nitro benzene ring substituents is 1. The predicted octanol–water partition coefficient (Wildman–Crippen LogP) is 6.85. The molecule has 0 unspecified atom stereocenters. The van der Waals surface area contributed by atoms with Gasteiger partial charge in [0.25, 0.3) is 5.69 Å². The second-order valence-corrected chi connectivity index (χ2v) is 9.07. The first-order valence-electron chi connectivity index (χ1n) is 10.8. The van der Waals surface area contributed by atoms with Crippen molar-refractivity contribution < 1.29 is 14.4 Å². The summed E-state index contributed by atoms with van der Waals surface area (Å²) in [4.78, 5) is 14.7. The van der Waals surface area contributed by atoms with E-state index in [2.05, 4.69) is 51.7 Å². The first-order chi connectivity index (χ1) is 15.6. The molecule has 0 amide bonds. The molecule has 33 heavy (non-hydrogen) atoms. The molecule has 0 aromatic heterocycles. The number of benzene rings is 3. The molecule has 0 aliphatic heterocycles. The molecule has 3 rings (SSSR count). The van der Waals surface area contributed by atoms with Crippen molar-refractivity contribution >= 4 is 17.6 Å². The Balaban J connectivity index is 1.75. The largest absolute Gasteiger partial charge is 0.493 e. The first kappa shape index (κ1) is 24.0. The van der Waals surface area contributed by atoms with Crippen LogP contribution >= 0.6 is 0 Å². The lowest BCUT2D eigenvalue weighted by molar-refractivity contribution is -0.384. The number of hydrogen-bond acceptors (Lipinski definition) is 5. The number of ether oxygens (including phenoxy) is 2. The highest BCUT2D eigenvalue weighted by molar-refractivity contribution is 5.83. The summed E-state index contributed by atoms with van der Waals surface area (Å²) in [5, 5.41) is 10.8. The molecule has 6 nitrogen and oxygen atoms in total. The van der Waals surface area contributed by atoms with Gasteiger partial charge in [-0.2, -0.15) is 0 Å². The van der Waals surface area contributed by atoms with Crippen LogP contribution in [-0.4, -0.2) is 18.2 Å². The van der Waals surface area contributed by atoms with Gasteiger partial charge in [0.2, 0.25) is 0 Å². The van der Waals surface area contributed by atoms with E-state index in [4.69, 9.17) is 9.47 Å². The van der Waals surface area contributed by atoms with E-state index in [-0.39, 0.29) is 11.1 Å². The molecule has 0 saturated carbocycles. The van der Waals surface area contributed by atoms with E-state index in [1.807, 2.05) is 18.2 Å². The standard InChI is InChI=1S/C27H30N2O4/c1-18-13-21(27(3,4)5)14-19(2)24(18)17-33-25-12-7-20(15-26(25)32-6)16-28-22-8-10-23(11-9-22)29(30)31/h7-16H,17H2,1-6H3. The van der Waals surface area contributed by atoms with Crippen LogP contribution in [-0.2, 0) is 12.0 Å². The summed E-state index contributed by atoms with van der Waals surface area (Å²) in [5.74, 6) is 1.27. The molecule has 0 bridgehead atoms. The number of aliphatic imine (C=N–C) groups is 1. The van der Waals surface area contributed by atoms with Crippen molar-refractivity contribution in [2.24, 2.45) is 4.99 Å². The minimum absolute atomic E-state index is 0.0376. The second-order valence-electron chi connectivity index (χ2n) is 9.07. The maximum atomic E-state index is 10.8. The Bertz CT molecular complexity index is 1150. The Labute approximate surface area is 195 Å². The van der Waals surface area contributed by atoms with Crippen LogP contribution in [0.3, 0.4) is 0 Å². The summed E-state index contributed by atoms with van der Waals surface area (Å²) in [5.41, 5.74) is 6.52.